The largest absolute Gasteiger partial charge is 0.490 e. The van der Waals surface area contributed by atoms with E-state index in [2.05, 4.69) is 9.68 Å². The van der Waals surface area contributed by atoms with Gasteiger partial charge in [0.2, 0.25) is 0 Å². The summed E-state index contributed by atoms with van der Waals surface area (Å²) in [6, 6.07) is 11.6. The van der Waals surface area contributed by atoms with Crippen LogP contribution < -0.4 is 9.05 Å². The molecule has 0 unspecified atom stereocenters. The second kappa shape index (κ2) is 8.26. The molecule has 0 saturated carbocycles. The third-order valence-corrected chi connectivity index (χ3v) is 4.90. The maximum absolute atomic E-state index is 12.5. The van der Waals surface area contributed by atoms with Crippen LogP contribution in [0.1, 0.15) is 0 Å². The van der Waals surface area contributed by atoms with Gasteiger partial charge in [-0.15, -0.1) is 0 Å². The number of halogens is 1. The lowest BCUT2D eigenvalue weighted by molar-refractivity contribution is -0.736. The zero-order valence-electron chi connectivity index (χ0n) is 13.2. The summed E-state index contributed by atoms with van der Waals surface area (Å²) in [4.78, 5) is 32.2. The first-order valence-electron chi connectivity index (χ1n) is 6.76. The number of rotatable bonds is 8. The number of nitrogens with zero attached hydrogens (tertiary/aromatic N) is 2. The Labute approximate surface area is 155 Å². The normalized spacial score (nSPS) is 10.7. The van der Waals surface area contributed by atoms with Gasteiger partial charge in [-0.2, -0.15) is 0 Å². The molecule has 0 N–H and O–H groups in total. The van der Waals surface area contributed by atoms with E-state index in [1.807, 2.05) is 0 Å². The van der Waals surface area contributed by atoms with E-state index in [1.54, 1.807) is 22.0 Å². The Morgan fingerprint density at radius 3 is 1.36 bits per heavy atom. The van der Waals surface area contributed by atoms with Crippen molar-refractivity contribution in [1.82, 2.24) is 0 Å². The van der Waals surface area contributed by atoms with Crippen molar-refractivity contribution >= 4 is 38.7 Å². The Morgan fingerprint density at radius 1 is 0.760 bits per heavy atom. The van der Waals surface area contributed by atoms with Gasteiger partial charge in [0, 0.05) is 24.3 Å². The van der Waals surface area contributed by atoms with Gasteiger partial charge < -0.3 is 9.05 Å². The van der Waals surface area contributed by atoms with Gasteiger partial charge >= 0.3 is 16.6 Å². The molecule has 0 amide bonds. The molecular formula is C14H14IN2O7P+2. The second-order valence-electron chi connectivity index (χ2n) is 4.48. The molecule has 0 aliphatic carbocycles. The van der Waals surface area contributed by atoms with Crippen molar-refractivity contribution < 1.29 is 33.1 Å². The highest BCUT2D eigenvalue weighted by Crippen LogP contribution is 2.56. The molecule has 0 aliphatic rings. The van der Waals surface area contributed by atoms with Crippen molar-refractivity contribution in [2.75, 3.05) is 14.2 Å². The summed E-state index contributed by atoms with van der Waals surface area (Å²) >= 11 is 1.56. The summed E-state index contributed by atoms with van der Waals surface area (Å²) in [5.41, 5.74) is 0.518. The third kappa shape index (κ3) is 5.40. The van der Waals surface area contributed by atoms with Crippen molar-refractivity contribution in [1.29, 1.82) is 0 Å². The van der Waals surface area contributed by atoms with Gasteiger partial charge in [0.15, 0.2) is 14.2 Å². The summed E-state index contributed by atoms with van der Waals surface area (Å²) in [7, 11) is 2.49. The predicted molar refractivity (Wildman–Crippen MR) is 96.4 cm³/mol. The first-order valence-corrected chi connectivity index (χ1v) is 11.1. The Kier molecular flexibility index (Phi) is 6.32. The van der Waals surface area contributed by atoms with Gasteiger partial charge in [-0.05, 0) is 24.3 Å². The molecule has 0 saturated heterocycles. The maximum atomic E-state index is 12.5. The molecule has 25 heavy (non-hydrogen) atoms. The zero-order chi connectivity index (χ0) is 18.4. The minimum Gasteiger partial charge on any atom is -0.409 e. The Bertz CT molecular complexity index is 745. The SMILES string of the molecule is CO[N+](=O)c1ccc(OP(=O)(I)Oc2ccc([N+](=O)OC)cc2)cc1. The van der Waals surface area contributed by atoms with Gasteiger partial charge in [0.05, 0.1) is 31.9 Å². The maximum Gasteiger partial charge on any atom is 0.490 e. The molecule has 0 spiro atoms. The average Bonchev–Trinajstić information content (AvgIpc) is 2.61. The Morgan fingerprint density at radius 2 is 1.08 bits per heavy atom. The molecule has 0 fully saturated rings. The van der Waals surface area contributed by atoms with E-state index < -0.39 is 5.24 Å². The Hall–Kier alpha value is -2.20. The quantitative estimate of drug-likeness (QED) is 0.309. The fourth-order valence-corrected chi connectivity index (χ4v) is 3.89. The van der Waals surface area contributed by atoms with Crippen LogP contribution in [0.25, 0.3) is 0 Å². The standard InChI is InChI=1S/C14H14IN2O7P/c1-21-16(18)11-3-7-13(8-4-11)23-25(15,20)24-14-9-5-12(6-10-14)17(19)22-2/h3-10H,1-2H3/q+2. The van der Waals surface area contributed by atoms with Crippen molar-refractivity contribution in [3.63, 3.8) is 0 Å². The van der Waals surface area contributed by atoms with Gasteiger partial charge in [0.1, 0.15) is 11.5 Å². The van der Waals surface area contributed by atoms with E-state index in [0.717, 1.165) is 0 Å². The first-order chi connectivity index (χ1) is 11.8. The van der Waals surface area contributed by atoms with E-state index in [9.17, 15) is 14.4 Å². The monoisotopic (exact) mass is 480 g/mol. The van der Waals surface area contributed by atoms with Crippen LogP contribution in [0, 0.1) is 9.81 Å². The summed E-state index contributed by atoms with van der Waals surface area (Å²) < 4.78 is 23.1. The van der Waals surface area contributed by atoms with Crippen LogP contribution >= 0.6 is 27.3 Å². The minimum absolute atomic E-state index is 0.257. The highest BCUT2D eigenvalue weighted by Gasteiger charge is 2.25. The fraction of sp³-hybridized carbons (Fsp3) is 0.143. The summed E-state index contributed by atoms with van der Waals surface area (Å²) in [6.45, 7) is 0. The molecule has 2 aromatic carbocycles. The van der Waals surface area contributed by atoms with Crippen molar-refractivity contribution in [3.05, 3.63) is 58.3 Å². The van der Waals surface area contributed by atoms with Crippen LogP contribution in [0.4, 0.5) is 11.4 Å². The molecular weight excluding hydrogens is 466 g/mol. The highest BCUT2D eigenvalue weighted by molar-refractivity contribution is 14.2. The lowest BCUT2D eigenvalue weighted by atomic mass is 10.3. The van der Waals surface area contributed by atoms with E-state index in [-0.39, 0.29) is 22.9 Å². The number of hydrogen-bond acceptors (Lipinski definition) is 7. The topological polar surface area (TPSA) is 94.2 Å². The smallest absolute Gasteiger partial charge is 0.409 e. The lowest BCUT2D eigenvalue weighted by Gasteiger charge is -2.14. The highest BCUT2D eigenvalue weighted by atomic mass is 127. The molecule has 0 atom stereocenters. The van der Waals surface area contributed by atoms with Gasteiger partial charge in [-0.1, -0.05) is 0 Å². The Balaban J connectivity index is 2.05. The van der Waals surface area contributed by atoms with E-state index in [4.69, 9.17) is 9.05 Å². The molecule has 0 heterocycles. The number of benzene rings is 2. The van der Waals surface area contributed by atoms with E-state index in [1.165, 1.54) is 62.8 Å². The molecule has 0 aliphatic heterocycles. The molecule has 2 rings (SSSR count). The van der Waals surface area contributed by atoms with Crippen LogP contribution in [0.2, 0.25) is 0 Å². The first kappa shape index (κ1) is 19.1. The summed E-state index contributed by atoms with van der Waals surface area (Å²) in [5.74, 6) is 0.514. The van der Waals surface area contributed by atoms with Gasteiger partial charge in [0.25, 0.3) is 9.85 Å². The molecule has 9 nitrogen and oxygen atoms in total. The van der Waals surface area contributed by atoms with Crippen LogP contribution in [0.5, 0.6) is 11.5 Å². The second-order valence-corrected chi connectivity index (χ2v) is 9.25. The van der Waals surface area contributed by atoms with Gasteiger partial charge in [-0.3, -0.25) is 0 Å². The van der Waals surface area contributed by atoms with Crippen LogP contribution in [-0.2, 0) is 14.2 Å². The summed E-state index contributed by atoms with van der Waals surface area (Å²) in [6.07, 6.45) is 0. The van der Waals surface area contributed by atoms with Crippen LogP contribution in [0.3, 0.4) is 0 Å². The number of hydrogen-bond donors (Lipinski definition) is 0. The molecule has 0 bridgehead atoms. The minimum atomic E-state index is -3.50. The van der Waals surface area contributed by atoms with Crippen molar-refractivity contribution in [2.45, 2.75) is 0 Å². The summed E-state index contributed by atoms with van der Waals surface area (Å²) in [5, 5.41) is -3.50. The predicted octanol–water partition coefficient (Wildman–Crippen LogP) is 4.63. The third-order valence-electron chi connectivity index (χ3n) is 2.86. The average molecular weight is 480 g/mol. The van der Waals surface area contributed by atoms with Crippen LogP contribution in [-0.4, -0.2) is 24.1 Å². The van der Waals surface area contributed by atoms with Crippen LogP contribution in [0.15, 0.2) is 48.5 Å². The molecule has 132 valence electrons. The fourth-order valence-electron chi connectivity index (χ4n) is 1.74. The molecule has 0 aromatic heterocycles. The lowest BCUT2D eigenvalue weighted by Crippen LogP contribution is -1.99. The van der Waals surface area contributed by atoms with Crippen molar-refractivity contribution in [3.8, 4) is 11.5 Å². The molecule has 11 heteroatoms. The van der Waals surface area contributed by atoms with Crippen molar-refractivity contribution in [2.24, 2.45) is 0 Å². The van der Waals surface area contributed by atoms with E-state index >= 15 is 0 Å². The molecule has 2 aromatic rings. The zero-order valence-corrected chi connectivity index (χ0v) is 16.2. The molecule has 0 radical (unpaired) electrons. The van der Waals surface area contributed by atoms with Gasteiger partial charge in [-0.25, -0.2) is 14.2 Å². The van der Waals surface area contributed by atoms with E-state index in [0.29, 0.717) is 9.85 Å².